The summed E-state index contributed by atoms with van der Waals surface area (Å²) in [4.78, 5) is 39.0. The average Bonchev–Trinajstić information content (AvgIpc) is 3.53. The number of fused-ring (bicyclic) bond motifs is 5. The van der Waals surface area contributed by atoms with Gasteiger partial charge in [0.1, 0.15) is 6.10 Å². The summed E-state index contributed by atoms with van der Waals surface area (Å²) in [6.07, 6.45) is 10.7. The normalized spacial score (nSPS) is 41.3. The van der Waals surface area contributed by atoms with E-state index in [1.807, 2.05) is 0 Å². The maximum atomic E-state index is 12.7. The first kappa shape index (κ1) is 29.7. The molecule has 232 valence electrons. The Hall–Kier alpha value is -2.39. The summed E-state index contributed by atoms with van der Waals surface area (Å²) in [6.45, 7) is 9.88. The third-order valence-electron chi connectivity index (χ3n) is 12.5. The van der Waals surface area contributed by atoms with Crippen LogP contribution >= 0.6 is 0 Å². The summed E-state index contributed by atoms with van der Waals surface area (Å²) in [5.74, 6) is 0.377. The molecule has 1 aliphatic heterocycles. The van der Waals surface area contributed by atoms with Crippen molar-refractivity contribution in [3.05, 3.63) is 34.4 Å². The van der Waals surface area contributed by atoms with E-state index in [1.165, 1.54) is 32.1 Å². The molecule has 9 atom stereocenters. The number of aliphatic hydroxyl groups is 1. The number of urea groups is 1. The van der Waals surface area contributed by atoms with Gasteiger partial charge < -0.3 is 29.8 Å². The van der Waals surface area contributed by atoms with Crippen LogP contribution < -0.4 is 16.3 Å². The maximum absolute atomic E-state index is 12.7. The van der Waals surface area contributed by atoms with Gasteiger partial charge in [0.05, 0.1) is 11.9 Å². The van der Waals surface area contributed by atoms with Crippen LogP contribution in [0.25, 0.3) is 0 Å². The Morgan fingerprint density at radius 2 is 1.88 bits per heavy atom. The summed E-state index contributed by atoms with van der Waals surface area (Å²) < 4.78 is 11.1. The predicted octanol–water partition coefficient (Wildman–Crippen LogP) is 4.19. The Kier molecular flexibility index (Phi) is 7.96. The molecule has 5 fully saturated rings. The lowest BCUT2D eigenvalue weighted by Gasteiger charge is -2.63. The zero-order valence-electron chi connectivity index (χ0n) is 25.5. The zero-order valence-corrected chi connectivity index (χ0v) is 25.5. The van der Waals surface area contributed by atoms with Crippen molar-refractivity contribution in [1.82, 2.24) is 15.5 Å². The van der Waals surface area contributed by atoms with E-state index in [1.54, 1.807) is 6.07 Å². The van der Waals surface area contributed by atoms with Gasteiger partial charge in [0.25, 0.3) is 0 Å². The number of nitrogens with one attached hydrogen (secondary N) is 2. The van der Waals surface area contributed by atoms with Crippen molar-refractivity contribution < 1.29 is 23.8 Å². The fraction of sp³-hybridized carbons (Fsp3) is 0.788. The van der Waals surface area contributed by atoms with Crippen molar-refractivity contribution in [3.63, 3.8) is 0 Å². The predicted molar refractivity (Wildman–Crippen MR) is 158 cm³/mol. The molecule has 42 heavy (non-hydrogen) atoms. The van der Waals surface area contributed by atoms with Crippen LogP contribution in [0, 0.1) is 28.6 Å². The fourth-order valence-electron chi connectivity index (χ4n) is 10.4. The Morgan fingerprint density at radius 1 is 1.10 bits per heavy atom. The monoisotopic (exact) mass is 583 g/mol. The van der Waals surface area contributed by atoms with Gasteiger partial charge in [-0.05, 0) is 106 Å². The van der Waals surface area contributed by atoms with Crippen molar-refractivity contribution in [1.29, 1.82) is 0 Å². The highest BCUT2D eigenvalue weighted by Crippen LogP contribution is 2.70. The number of carbonyl (C=O) groups is 2. The number of ether oxygens (including phenoxy) is 1. The molecule has 0 spiro atoms. The summed E-state index contributed by atoms with van der Waals surface area (Å²) >= 11 is 0. The molecule has 9 heteroatoms. The highest BCUT2D eigenvalue weighted by molar-refractivity contribution is 5.74. The van der Waals surface area contributed by atoms with Crippen LogP contribution in [0.4, 0.5) is 4.79 Å². The highest BCUT2D eigenvalue weighted by Gasteiger charge is 2.70. The van der Waals surface area contributed by atoms with Crippen molar-refractivity contribution in [2.75, 3.05) is 26.2 Å². The van der Waals surface area contributed by atoms with E-state index in [0.717, 1.165) is 70.1 Å². The van der Waals surface area contributed by atoms with Gasteiger partial charge in [-0.25, -0.2) is 9.59 Å². The number of amides is 2. The van der Waals surface area contributed by atoms with Gasteiger partial charge in [-0.15, -0.1) is 0 Å². The molecule has 6 rings (SSSR count). The van der Waals surface area contributed by atoms with Crippen molar-refractivity contribution in [3.8, 4) is 0 Å². The van der Waals surface area contributed by atoms with E-state index in [2.05, 4.69) is 29.4 Å². The van der Waals surface area contributed by atoms with E-state index < -0.39 is 22.7 Å². The first-order valence-electron chi connectivity index (χ1n) is 16.3. The standard InChI is InChI=1S/C33H49N3O6/c1-21(37)42-27-19-33(40)26-8-7-23-18-24(35-30(39)34-14-17-36-15-4-5-16-36)10-12-31(23,2)25(26)11-13-32(33,3)29(27)22-6-9-28(38)41-20-22/h6,9,20,23-27,29,40H,4-5,7-8,10-19H2,1-3H3,(H2,34,35,39)/t23-,24+,25+,26-,27+,29+,31+,32-,33+/m1/s1. The van der Waals surface area contributed by atoms with Crippen LogP contribution in [0.1, 0.15) is 96.5 Å². The third-order valence-corrected chi connectivity index (χ3v) is 12.5. The van der Waals surface area contributed by atoms with E-state index in [9.17, 15) is 19.5 Å². The second kappa shape index (κ2) is 11.3. The summed E-state index contributed by atoms with van der Waals surface area (Å²) in [7, 11) is 0. The van der Waals surface area contributed by atoms with Crippen LogP contribution in [0.2, 0.25) is 0 Å². The van der Waals surface area contributed by atoms with Gasteiger partial charge in [-0.1, -0.05) is 13.8 Å². The van der Waals surface area contributed by atoms with Crippen LogP contribution in [0.15, 0.2) is 27.6 Å². The zero-order chi connectivity index (χ0) is 29.7. The minimum atomic E-state index is -0.991. The molecule has 1 aromatic rings. The van der Waals surface area contributed by atoms with Crippen molar-refractivity contribution >= 4 is 12.0 Å². The molecular formula is C33H49N3O6. The van der Waals surface area contributed by atoms with Gasteiger partial charge in [-0.3, -0.25) is 4.79 Å². The number of hydrogen-bond donors (Lipinski definition) is 3. The lowest BCUT2D eigenvalue weighted by atomic mass is 9.43. The van der Waals surface area contributed by atoms with Crippen LogP contribution in [0.5, 0.6) is 0 Å². The van der Waals surface area contributed by atoms with Crippen LogP contribution in [0.3, 0.4) is 0 Å². The van der Waals surface area contributed by atoms with Gasteiger partial charge in [-0.2, -0.15) is 0 Å². The Morgan fingerprint density at radius 3 is 2.60 bits per heavy atom. The minimum Gasteiger partial charge on any atom is -0.462 e. The Bertz CT molecular complexity index is 1210. The van der Waals surface area contributed by atoms with Crippen LogP contribution in [-0.4, -0.2) is 65.9 Å². The SMILES string of the molecule is CC(=O)O[C@H]1C[C@]2(O)[C@@H]3CC[C@@H]4C[C@@H](NC(=O)NCCN5CCCC5)CC[C@]4(C)[C@H]3CC[C@]2(C)[C@H]1c1ccc(=O)oc1. The van der Waals surface area contributed by atoms with Gasteiger partial charge in [0, 0.05) is 49.9 Å². The lowest BCUT2D eigenvalue weighted by Crippen LogP contribution is -2.62. The first-order chi connectivity index (χ1) is 20.0. The van der Waals surface area contributed by atoms with E-state index in [-0.39, 0.29) is 35.3 Å². The van der Waals surface area contributed by atoms with Crippen molar-refractivity contribution in [2.45, 2.75) is 109 Å². The van der Waals surface area contributed by atoms with Gasteiger partial charge >= 0.3 is 17.6 Å². The molecule has 4 aliphatic carbocycles. The second-order valence-electron chi connectivity index (χ2n) is 14.5. The number of esters is 1. The van der Waals surface area contributed by atoms with Gasteiger partial charge in [0.15, 0.2) is 0 Å². The minimum absolute atomic E-state index is 0.0514. The molecule has 0 bridgehead atoms. The lowest BCUT2D eigenvalue weighted by molar-refractivity contribution is -0.202. The molecule has 0 aromatic carbocycles. The van der Waals surface area contributed by atoms with Crippen molar-refractivity contribution in [2.24, 2.45) is 28.6 Å². The van der Waals surface area contributed by atoms with E-state index in [0.29, 0.717) is 24.8 Å². The molecule has 9 nitrogen and oxygen atoms in total. The smallest absolute Gasteiger partial charge is 0.335 e. The molecule has 1 aromatic heterocycles. The maximum Gasteiger partial charge on any atom is 0.335 e. The molecule has 3 N–H and O–H groups in total. The molecule has 4 saturated carbocycles. The summed E-state index contributed by atoms with van der Waals surface area (Å²) in [6, 6.07) is 3.31. The molecule has 0 radical (unpaired) electrons. The number of carbonyl (C=O) groups excluding carboxylic acids is 2. The molecule has 2 amide bonds. The average molecular weight is 584 g/mol. The first-order valence-corrected chi connectivity index (χ1v) is 16.3. The fourth-order valence-corrected chi connectivity index (χ4v) is 10.4. The van der Waals surface area contributed by atoms with E-state index >= 15 is 0 Å². The molecular weight excluding hydrogens is 534 g/mol. The van der Waals surface area contributed by atoms with Crippen LogP contribution in [-0.2, 0) is 9.53 Å². The summed E-state index contributed by atoms with van der Waals surface area (Å²) in [5, 5.41) is 19.1. The molecule has 1 saturated heterocycles. The van der Waals surface area contributed by atoms with E-state index in [4.69, 9.17) is 9.15 Å². The molecule has 5 aliphatic rings. The highest BCUT2D eigenvalue weighted by atomic mass is 16.5. The largest absolute Gasteiger partial charge is 0.462 e. The Balaban J connectivity index is 1.15. The molecule has 2 heterocycles. The number of rotatable bonds is 6. The second-order valence-corrected chi connectivity index (χ2v) is 14.5. The number of nitrogens with zero attached hydrogens (tertiary/aromatic N) is 1. The molecule has 0 unspecified atom stereocenters. The number of likely N-dealkylation sites (tertiary alicyclic amines) is 1. The quantitative estimate of drug-likeness (QED) is 0.430. The van der Waals surface area contributed by atoms with Gasteiger partial charge in [0.2, 0.25) is 0 Å². The summed E-state index contributed by atoms with van der Waals surface area (Å²) in [5.41, 5.74) is -1.01. The number of hydrogen-bond acceptors (Lipinski definition) is 7. The third kappa shape index (κ3) is 5.08. The topological polar surface area (TPSA) is 121 Å². The Labute approximate surface area is 249 Å².